The van der Waals surface area contributed by atoms with Crippen molar-refractivity contribution >= 4 is 40.6 Å². The largest absolute Gasteiger partial charge is 0.490 e. The lowest BCUT2D eigenvalue weighted by molar-refractivity contribution is -0.137. The number of carbonyl (C=O) groups is 2. The van der Waals surface area contributed by atoms with Crippen LogP contribution in [-0.2, 0) is 22.3 Å². The van der Waals surface area contributed by atoms with Gasteiger partial charge in [-0.1, -0.05) is 47.5 Å². The van der Waals surface area contributed by atoms with Crippen LogP contribution in [0.2, 0.25) is 10.0 Å². The molecule has 2 bridgehead atoms. The molecule has 3 aromatic rings. The molecular weight excluding hydrogens is 666 g/mol. The fourth-order valence-electron chi connectivity index (χ4n) is 6.47. The van der Waals surface area contributed by atoms with Crippen LogP contribution in [0.3, 0.4) is 0 Å². The molecule has 2 atom stereocenters. The fraction of sp³-hybridized carbons (Fsp3) is 0.389. The third kappa shape index (κ3) is 7.61. The van der Waals surface area contributed by atoms with Crippen LogP contribution in [0, 0.1) is 6.92 Å². The second-order valence-electron chi connectivity index (χ2n) is 12.5. The number of amides is 2. The first-order valence-corrected chi connectivity index (χ1v) is 16.7. The van der Waals surface area contributed by atoms with E-state index in [-0.39, 0.29) is 36.0 Å². The molecule has 6 rings (SSSR count). The van der Waals surface area contributed by atoms with Crippen molar-refractivity contribution < 1.29 is 32.2 Å². The van der Waals surface area contributed by atoms with Gasteiger partial charge in [0.15, 0.2) is 0 Å². The van der Waals surface area contributed by atoms with E-state index in [9.17, 15) is 22.8 Å². The summed E-state index contributed by atoms with van der Waals surface area (Å²) in [4.78, 5) is 30.3. The summed E-state index contributed by atoms with van der Waals surface area (Å²) in [6.45, 7) is 4.86. The lowest BCUT2D eigenvalue weighted by Crippen LogP contribution is -2.61. The Hall–Kier alpha value is -3.73. The van der Waals surface area contributed by atoms with Crippen LogP contribution < -0.4 is 14.8 Å². The monoisotopic (exact) mass is 701 g/mol. The van der Waals surface area contributed by atoms with Gasteiger partial charge >= 0.3 is 6.18 Å². The van der Waals surface area contributed by atoms with Gasteiger partial charge in [0.05, 0.1) is 16.6 Å². The molecule has 0 unspecified atom stereocenters. The van der Waals surface area contributed by atoms with Gasteiger partial charge in [-0.2, -0.15) is 13.2 Å². The van der Waals surface area contributed by atoms with Crippen LogP contribution in [0.15, 0.2) is 66.2 Å². The number of hydrogen-bond acceptors (Lipinski definition) is 5. The number of fused-ring (bicyclic) bond motifs is 2. The van der Waals surface area contributed by atoms with E-state index < -0.39 is 22.8 Å². The molecule has 3 aromatic carbocycles. The van der Waals surface area contributed by atoms with Crippen LogP contribution in [0.1, 0.15) is 48.4 Å². The molecule has 0 radical (unpaired) electrons. The molecule has 48 heavy (non-hydrogen) atoms. The fourth-order valence-corrected chi connectivity index (χ4v) is 6.99. The van der Waals surface area contributed by atoms with E-state index in [0.717, 1.165) is 41.4 Å². The minimum Gasteiger partial charge on any atom is -0.490 e. The van der Waals surface area contributed by atoms with E-state index >= 15 is 0 Å². The minimum atomic E-state index is -4.61. The second kappa shape index (κ2) is 14.0. The summed E-state index contributed by atoms with van der Waals surface area (Å²) in [7, 11) is 0. The Morgan fingerprint density at radius 2 is 1.73 bits per heavy atom. The smallest absolute Gasteiger partial charge is 0.417 e. The molecule has 0 spiro atoms. The van der Waals surface area contributed by atoms with E-state index in [2.05, 4.69) is 5.32 Å². The van der Waals surface area contributed by atoms with Crippen molar-refractivity contribution in [2.24, 2.45) is 0 Å². The van der Waals surface area contributed by atoms with Gasteiger partial charge in [-0.25, -0.2) is 0 Å². The number of nitrogens with one attached hydrogen (secondary N) is 1. The summed E-state index contributed by atoms with van der Waals surface area (Å²) in [5.74, 6) is 1.03. The molecule has 3 aliphatic rings. The number of nitrogens with zero attached hydrogens (tertiary/aromatic N) is 2. The van der Waals surface area contributed by atoms with E-state index in [4.69, 9.17) is 32.7 Å². The summed E-state index contributed by atoms with van der Waals surface area (Å²) >= 11 is 12.3. The molecule has 2 amide bonds. The zero-order valence-electron chi connectivity index (χ0n) is 26.6. The van der Waals surface area contributed by atoms with Crippen LogP contribution >= 0.6 is 23.2 Å². The van der Waals surface area contributed by atoms with Gasteiger partial charge in [0.1, 0.15) is 24.7 Å². The number of halogens is 5. The highest BCUT2D eigenvalue weighted by molar-refractivity contribution is 6.32. The zero-order chi connectivity index (χ0) is 34.2. The number of hydrogen-bond donors (Lipinski definition) is 1. The Labute approximate surface area is 287 Å². The highest BCUT2D eigenvalue weighted by atomic mass is 35.5. The molecular formula is C36H36Cl2F3N3O4. The number of rotatable bonds is 10. The highest BCUT2D eigenvalue weighted by Gasteiger charge is 2.43. The Kier molecular flexibility index (Phi) is 9.97. The normalized spacial score (nSPS) is 19.3. The van der Waals surface area contributed by atoms with Crippen molar-refractivity contribution in [1.29, 1.82) is 0 Å². The van der Waals surface area contributed by atoms with Gasteiger partial charge < -0.3 is 24.6 Å². The van der Waals surface area contributed by atoms with Gasteiger partial charge in [-0.15, -0.1) is 0 Å². The maximum absolute atomic E-state index is 14.6. The number of benzene rings is 3. The molecule has 7 nitrogen and oxygen atoms in total. The third-order valence-electron chi connectivity index (χ3n) is 9.00. The summed E-state index contributed by atoms with van der Waals surface area (Å²) in [5.41, 5.74) is 2.46. The molecule has 2 heterocycles. The lowest BCUT2D eigenvalue weighted by atomic mass is 9.82. The van der Waals surface area contributed by atoms with Gasteiger partial charge in [0, 0.05) is 49.2 Å². The van der Waals surface area contributed by atoms with Gasteiger partial charge in [0.2, 0.25) is 5.91 Å². The van der Waals surface area contributed by atoms with Crippen LogP contribution in [-0.4, -0.2) is 66.0 Å². The average molecular weight is 703 g/mol. The van der Waals surface area contributed by atoms with Crippen LogP contribution in [0.5, 0.6) is 11.5 Å². The van der Waals surface area contributed by atoms with Crippen molar-refractivity contribution in [1.82, 2.24) is 15.1 Å². The van der Waals surface area contributed by atoms with E-state index in [0.29, 0.717) is 49.1 Å². The first kappa shape index (κ1) is 34.1. The number of carbonyl (C=O) groups excluding carboxylic acids is 2. The number of ether oxygens (including phenoxy) is 2. The quantitative estimate of drug-likeness (QED) is 0.225. The second-order valence-corrected chi connectivity index (χ2v) is 13.3. The van der Waals surface area contributed by atoms with E-state index in [1.54, 1.807) is 15.9 Å². The number of aryl methyl sites for hydroxylation is 1. The lowest BCUT2D eigenvalue weighted by Gasteiger charge is -2.44. The standard InChI is InChI=1S/C36H36Cl2F3N3O4/c1-21-16-25(37)8-13-32(21)48-15-14-47-28-11-6-23(7-12-28)29-17-26-19-43(22(2)45)20-31(42-26)33(29)35(46)44(27-9-10-27)18-24-4-3-5-30(34(24)38)36(39,40)41/h3-8,11-13,16,26-27,31,42H,9-10,14-15,17-20H2,1-2H3/t26-,31-/m1/s1. The molecule has 254 valence electrons. The van der Waals surface area contributed by atoms with E-state index in [1.807, 2.05) is 43.3 Å². The summed E-state index contributed by atoms with van der Waals surface area (Å²) in [5, 5.41) is 3.78. The predicted octanol–water partition coefficient (Wildman–Crippen LogP) is 7.32. The van der Waals surface area contributed by atoms with Gasteiger partial charge in [-0.05, 0) is 84.8 Å². The Morgan fingerprint density at radius 3 is 2.40 bits per heavy atom. The van der Waals surface area contributed by atoms with Crippen molar-refractivity contribution in [3.05, 3.63) is 98.5 Å². The third-order valence-corrected chi connectivity index (χ3v) is 9.68. The number of alkyl halides is 3. The Balaban J connectivity index is 1.25. The highest BCUT2D eigenvalue weighted by Crippen LogP contribution is 2.40. The van der Waals surface area contributed by atoms with Gasteiger partial charge in [-0.3, -0.25) is 9.59 Å². The van der Waals surface area contributed by atoms with E-state index in [1.165, 1.54) is 19.1 Å². The average Bonchev–Trinajstić information content (AvgIpc) is 3.88. The van der Waals surface area contributed by atoms with Crippen molar-refractivity contribution in [3.8, 4) is 11.5 Å². The molecule has 1 saturated carbocycles. The number of piperazine rings is 1. The van der Waals surface area contributed by atoms with Crippen molar-refractivity contribution in [2.45, 2.75) is 64.0 Å². The Morgan fingerprint density at radius 1 is 1.00 bits per heavy atom. The van der Waals surface area contributed by atoms with Crippen LogP contribution in [0.4, 0.5) is 13.2 Å². The first-order valence-electron chi connectivity index (χ1n) is 15.9. The maximum Gasteiger partial charge on any atom is 0.417 e. The first-order chi connectivity index (χ1) is 22.9. The summed E-state index contributed by atoms with van der Waals surface area (Å²) in [6.07, 6.45) is -2.62. The summed E-state index contributed by atoms with van der Waals surface area (Å²) < 4.78 is 52.7. The topological polar surface area (TPSA) is 71.1 Å². The van der Waals surface area contributed by atoms with Crippen molar-refractivity contribution in [3.63, 3.8) is 0 Å². The van der Waals surface area contributed by atoms with Crippen LogP contribution in [0.25, 0.3) is 5.57 Å². The minimum absolute atomic E-state index is 0.0556. The molecule has 2 aliphatic heterocycles. The zero-order valence-corrected chi connectivity index (χ0v) is 28.1. The maximum atomic E-state index is 14.6. The molecule has 0 aromatic heterocycles. The summed E-state index contributed by atoms with van der Waals surface area (Å²) in [6, 6.07) is 16.1. The molecule has 2 fully saturated rings. The van der Waals surface area contributed by atoms with Crippen molar-refractivity contribution in [2.75, 3.05) is 26.3 Å². The SMILES string of the molecule is CC(=O)N1C[C@H]2CC(c3ccc(OCCOc4ccc(Cl)cc4C)cc3)=C(C(=O)N(Cc3cccc(C(F)(F)F)c3Cl)C3CC3)[C@@H](C1)N2. The predicted molar refractivity (Wildman–Crippen MR) is 178 cm³/mol. The van der Waals surface area contributed by atoms with Gasteiger partial charge in [0.25, 0.3) is 5.91 Å². The molecule has 12 heteroatoms. The Bertz CT molecular complexity index is 1730. The molecule has 1 aliphatic carbocycles. The molecule has 1 N–H and O–H groups in total. The molecule has 1 saturated heterocycles.